The Balaban J connectivity index is 1.56. The van der Waals surface area contributed by atoms with Crippen molar-refractivity contribution in [2.45, 2.75) is 13.0 Å². The molecular formula is C17H16N6O. The van der Waals surface area contributed by atoms with Gasteiger partial charge in [-0.25, -0.2) is 4.68 Å². The summed E-state index contributed by atoms with van der Waals surface area (Å²) in [6.45, 7) is 1.08. The summed E-state index contributed by atoms with van der Waals surface area (Å²) in [6, 6.07) is 13.2. The van der Waals surface area contributed by atoms with E-state index in [4.69, 9.17) is 5.73 Å². The molecule has 0 fully saturated rings. The van der Waals surface area contributed by atoms with Gasteiger partial charge in [-0.1, -0.05) is 18.2 Å². The first-order valence-electron chi connectivity index (χ1n) is 7.72. The number of benzene rings is 1. The summed E-state index contributed by atoms with van der Waals surface area (Å²) in [4.78, 5) is 14.5. The Morgan fingerprint density at radius 2 is 1.96 bits per heavy atom. The van der Waals surface area contributed by atoms with Crippen LogP contribution in [0.15, 0.2) is 48.7 Å². The molecule has 1 aromatic carbocycles. The first kappa shape index (κ1) is 14.4. The summed E-state index contributed by atoms with van der Waals surface area (Å²) in [5, 5.41) is 12.4. The van der Waals surface area contributed by atoms with Crippen molar-refractivity contribution in [2.75, 3.05) is 12.3 Å². The number of fused-ring (bicyclic) bond motifs is 1. The summed E-state index contributed by atoms with van der Waals surface area (Å²) >= 11 is 0. The molecule has 2 N–H and O–H groups in total. The molecule has 0 unspecified atom stereocenters. The van der Waals surface area contributed by atoms with E-state index in [1.807, 2.05) is 30.3 Å². The predicted octanol–water partition coefficient (Wildman–Crippen LogP) is 1.44. The number of nitrogen functional groups attached to an aromatic ring is 1. The molecule has 7 heteroatoms. The van der Waals surface area contributed by atoms with Gasteiger partial charge >= 0.3 is 0 Å². The Bertz CT molecular complexity index is 889. The van der Waals surface area contributed by atoms with Crippen LogP contribution in [-0.2, 0) is 13.0 Å². The van der Waals surface area contributed by atoms with Gasteiger partial charge in [0.15, 0.2) is 5.69 Å². The molecule has 4 rings (SSSR count). The molecule has 0 bridgehead atoms. The SMILES string of the molecule is Nc1cc2c(nn1)CCN(C(=O)c1ccn(-c3ccccc3)n1)C2. The van der Waals surface area contributed by atoms with Crippen LogP contribution in [0.1, 0.15) is 21.7 Å². The second-order valence-corrected chi connectivity index (χ2v) is 5.70. The average Bonchev–Trinajstić information content (AvgIpc) is 3.11. The van der Waals surface area contributed by atoms with Crippen LogP contribution in [0.25, 0.3) is 5.69 Å². The molecule has 0 saturated carbocycles. The van der Waals surface area contributed by atoms with Gasteiger partial charge in [0.1, 0.15) is 5.82 Å². The minimum absolute atomic E-state index is 0.0919. The average molecular weight is 320 g/mol. The van der Waals surface area contributed by atoms with Crippen LogP contribution in [-0.4, -0.2) is 37.3 Å². The predicted molar refractivity (Wildman–Crippen MR) is 88.5 cm³/mol. The van der Waals surface area contributed by atoms with E-state index in [0.29, 0.717) is 31.0 Å². The van der Waals surface area contributed by atoms with Crippen LogP contribution in [0.5, 0.6) is 0 Å². The summed E-state index contributed by atoms with van der Waals surface area (Å²) in [6.07, 6.45) is 2.47. The number of amides is 1. The van der Waals surface area contributed by atoms with Crippen LogP contribution in [0, 0.1) is 0 Å². The Labute approximate surface area is 138 Å². The van der Waals surface area contributed by atoms with E-state index >= 15 is 0 Å². The molecule has 1 aliphatic rings. The maximum atomic E-state index is 12.7. The number of para-hydroxylation sites is 1. The largest absolute Gasteiger partial charge is 0.382 e. The normalized spacial score (nSPS) is 13.6. The first-order valence-corrected chi connectivity index (χ1v) is 7.72. The van der Waals surface area contributed by atoms with Crippen LogP contribution < -0.4 is 5.73 Å². The minimum atomic E-state index is -0.0919. The standard InChI is InChI=1S/C17H16N6O/c18-16-10-12-11-22(8-6-14(12)19-20-16)17(24)15-7-9-23(21-15)13-4-2-1-3-5-13/h1-5,7,9-10H,6,8,11H2,(H2,18,20). The van der Waals surface area contributed by atoms with Gasteiger partial charge in [0.2, 0.25) is 0 Å². The number of hydrogen-bond donors (Lipinski definition) is 1. The molecule has 1 amide bonds. The molecule has 0 saturated heterocycles. The molecule has 24 heavy (non-hydrogen) atoms. The van der Waals surface area contributed by atoms with Gasteiger partial charge in [-0.3, -0.25) is 4.79 Å². The molecule has 0 spiro atoms. The number of nitrogens with two attached hydrogens (primary N) is 1. The van der Waals surface area contributed by atoms with Crippen LogP contribution in [0.3, 0.4) is 0 Å². The van der Waals surface area contributed by atoms with Gasteiger partial charge in [-0.2, -0.15) is 10.2 Å². The summed E-state index contributed by atoms with van der Waals surface area (Å²) in [5.74, 6) is 0.280. The maximum Gasteiger partial charge on any atom is 0.274 e. The van der Waals surface area contributed by atoms with Crippen molar-refractivity contribution in [2.24, 2.45) is 0 Å². The summed E-state index contributed by atoms with van der Waals surface area (Å²) < 4.78 is 1.70. The van der Waals surface area contributed by atoms with E-state index in [1.165, 1.54) is 0 Å². The van der Waals surface area contributed by atoms with Crippen LogP contribution in [0.4, 0.5) is 5.82 Å². The number of aromatic nitrogens is 4. The number of anilines is 1. The van der Waals surface area contributed by atoms with E-state index in [9.17, 15) is 4.79 Å². The number of hydrogen-bond acceptors (Lipinski definition) is 5. The number of rotatable bonds is 2. The van der Waals surface area contributed by atoms with Crippen molar-refractivity contribution >= 4 is 11.7 Å². The highest BCUT2D eigenvalue weighted by molar-refractivity contribution is 5.92. The van der Waals surface area contributed by atoms with Gasteiger partial charge < -0.3 is 10.6 Å². The fourth-order valence-electron chi connectivity index (χ4n) is 2.84. The lowest BCUT2D eigenvalue weighted by Crippen LogP contribution is -2.36. The molecule has 3 aromatic rings. The fraction of sp³-hybridized carbons (Fsp3) is 0.176. The van der Waals surface area contributed by atoms with Gasteiger partial charge in [-0.15, -0.1) is 5.10 Å². The Morgan fingerprint density at radius 3 is 2.79 bits per heavy atom. The third kappa shape index (κ3) is 2.60. The second kappa shape index (κ2) is 5.77. The molecular weight excluding hydrogens is 304 g/mol. The quantitative estimate of drug-likeness (QED) is 0.771. The highest BCUT2D eigenvalue weighted by Crippen LogP contribution is 2.19. The Kier molecular flexibility index (Phi) is 3.45. The van der Waals surface area contributed by atoms with Gasteiger partial charge in [0.05, 0.1) is 11.4 Å². The number of nitrogens with zero attached hydrogens (tertiary/aromatic N) is 5. The molecule has 1 aliphatic heterocycles. The fourth-order valence-corrected chi connectivity index (χ4v) is 2.84. The molecule has 0 aliphatic carbocycles. The topological polar surface area (TPSA) is 89.9 Å². The smallest absolute Gasteiger partial charge is 0.274 e. The van der Waals surface area contributed by atoms with Crippen molar-refractivity contribution in [3.8, 4) is 5.69 Å². The second-order valence-electron chi connectivity index (χ2n) is 5.70. The lowest BCUT2D eigenvalue weighted by atomic mass is 10.1. The van der Waals surface area contributed by atoms with E-state index in [-0.39, 0.29) is 5.91 Å². The van der Waals surface area contributed by atoms with E-state index in [2.05, 4.69) is 15.3 Å². The van der Waals surface area contributed by atoms with Crippen LogP contribution in [0.2, 0.25) is 0 Å². The van der Waals surface area contributed by atoms with Gasteiger partial charge in [-0.05, 0) is 29.8 Å². The minimum Gasteiger partial charge on any atom is -0.382 e. The van der Waals surface area contributed by atoms with Crippen LogP contribution >= 0.6 is 0 Å². The highest BCUT2D eigenvalue weighted by atomic mass is 16.2. The monoisotopic (exact) mass is 320 g/mol. The number of carbonyl (C=O) groups excluding carboxylic acids is 1. The molecule has 120 valence electrons. The summed E-state index contributed by atoms with van der Waals surface area (Å²) in [7, 11) is 0. The molecule has 0 radical (unpaired) electrons. The zero-order valence-electron chi connectivity index (χ0n) is 13.0. The zero-order chi connectivity index (χ0) is 16.5. The van der Waals surface area contributed by atoms with E-state index in [1.54, 1.807) is 27.9 Å². The highest BCUT2D eigenvalue weighted by Gasteiger charge is 2.24. The molecule has 3 heterocycles. The Hall–Kier alpha value is -3.22. The zero-order valence-corrected chi connectivity index (χ0v) is 13.0. The first-order chi connectivity index (χ1) is 11.7. The Morgan fingerprint density at radius 1 is 1.12 bits per heavy atom. The maximum absolute atomic E-state index is 12.7. The van der Waals surface area contributed by atoms with Crippen molar-refractivity contribution in [1.29, 1.82) is 0 Å². The number of carbonyl (C=O) groups is 1. The van der Waals surface area contributed by atoms with Crippen molar-refractivity contribution in [3.63, 3.8) is 0 Å². The third-order valence-electron chi connectivity index (χ3n) is 4.07. The molecule has 0 atom stereocenters. The summed E-state index contributed by atoms with van der Waals surface area (Å²) in [5.41, 5.74) is 8.89. The van der Waals surface area contributed by atoms with Gasteiger partial charge in [0.25, 0.3) is 5.91 Å². The van der Waals surface area contributed by atoms with E-state index < -0.39 is 0 Å². The van der Waals surface area contributed by atoms with Crippen molar-refractivity contribution in [1.82, 2.24) is 24.9 Å². The lowest BCUT2D eigenvalue weighted by molar-refractivity contribution is 0.0726. The molecule has 7 nitrogen and oxygen atoms in total. The van der Waals surface area contributed by atoms with Gasteiger partial charge in [0, 0.05) is 25.7 Å². The third-order valence-corrected chi connectivity index (χ3v) is 4.07. The van der Waals surface area contributed by atoms with E-state index in [0.717, 1.165) is 16.9 Å². The molecule has 2 aromatic heterocycles. The lowest BCUT2D eigenvalue weighted by Gasteiger charge is -2.27. The van der Waals surface area contributed by atoms with Crippen molar-refractivity contribution < 1.29 is 4.79 Å². The van der Waals surface area contributed by atoms with Crippen molar-refractivity contribution in [3.05, 3.63) is 65.6 Å².